The molecule has 0 saturated heterocycles. The molecule has 0 N–H and O–H groups in total. The van der Waals surface area contributed by atoms with Crippen LogP contribution < -0.4 is 15.0 Å². The van der Waals surface area contributed by atoms with Crippen LogP contribution in [0.2, 0.25) is 0 Å². The summed E-state index contributed by atoms with van der Waals surface area (Å²) < 4.78 is 12.7. The number of hydrogen-bond donors (Lipinski definition) is 0. The molecule has 1 aliphatic rings. The predicted molar refractivity (Wildman–Crippen MR) is 133 cm³/mol. The summed E-state index contributed by atoms with van der Waals surface area (Å²) >= 11 is 1.46. The van der Waals surface area contributed by atoms with Crippen LogP contribution in [0.1, 0.15) is 17.5 Å². The van der Waals surface area contributed by atoms with E-state index < -0.39 is 0 Å². The molecule has 0 unspecified atom stereocenters. The first kappa shape index (κ1) is 22.2. The number of rotatable bonds is 6. The number of thiophene rings is 1. The number of aromatic nitrogens is 2. The lowest BCUT2D eigenvalue weighted by molar-refractivity contribution is -0.130. The molecule has 7 nitrogen and oxygen atoms in total. The van der Waals surface area contributed by atoms with Crippen molar-refractivity contribution in [2.45, 2.75) is 26.4 Å². The van der Waals surface area contributed by atoms with E-state index in [1.165, 1.54) is 22.2 Å². The van der Waals surface area contributed by atoms with Crippen LogP contribution in [0, 0.1) is 6.92 Å². The van der Waals surface area contributed by atoms with Crippen LogP contribution in [0.3, 0.4) is 0 Å². The number of fused-ring (bicyclic) bond motifs is 2. The average molecular weight is 476 g/mol. The van der Waals surface area contributed by atoms with E-state index in [1.807, 2.05) is 54.8 Å². The molecule has 4 aromatic rings. The highest BCUT2D eigenvalue weighted by molar-refractivity contribution is 7.17. The van der Waals surface area contributed by atoms with E-state index in [-0.39, 0.29) is 24.4 Å². The summed E-state index contributed by atoms with van der Waals surface area (Å²) in [6, 6.07) is 13.8. The number of ether oxygens (including phenoxy) is 2. The highest BCUT2D eigenvalue weighted by Gasteiger charge is 2.16. The molecule has 0 saturated carbocycles. The van der Waals surface area contributed by atoms with Gasteiger partial charge in [-0.3, -0.25) is 14.2 Å². The molecule has 0 aliphatic carbocycles. The Morgan fingerprint density at radius 3 is 2.68 bits per heavy atom. The van der Waals surface area contributed by atoms with Gasteiger partial charge in [-0.15, -0.1) is 11.3 Å². The van der Waals surface area contributed by atoms with E-state index in [0.717, 1.165) is 28.0 Å². The second-order valence-corrected chi connectivity index (χ2v) is 9.27. The molecule has 2 aromatic heterocycles. The third-order valence-electron chi connectivity index (χ3n) is 5.94. The van der Waals surface area contributed by atoms with E-state index in [2.05, 4.69) is 4.98 Å². The number of nitrogens with zero attached hydrogens (tertiary/aromatic N) is 3. The smallest absolute Gasteiger partial charge is 0.262 e. The van der Waals surface area contributed by atoms with Crippen molar-refractivity contribution in [3.8, 4) is 22.6 Å². The van der Waals surface area contributed by atoms with E-state index in [9.17, 15) is 9.59 Å². The average Bonchev–Trinajstić information content (AvgIpc) is 3.29. The summed E-state index contributed by atoms with van der Waals surface area (Å²) in [5.74, 6) is 1.38. The van der Waals surface area contributed by atoms with Crippen LogP contribution in [0.25, 0.3) is 21.3 Å². The van der Waals surface area contributed by atoms with Gasteiger partial charge in [-0.25, -0.2) is 4.98 Å². The number of carbonyl (C=O) groups is 1. The molecular formula is C26H25N3O4S. The Labute approximate surface area is 201 Å². The van der Waals surface area contributed by atoms with Crippen molar-refractivity contribution in [1.82, 2.24) is 14.5 Å². The Hall–Kier alpha value is -3.65. The highest BCUT2D eigenvalue weighted by atomic mass is 32.1. The van der Waals surface area contributed by atoms with E-state index >= 15 is 0 Å². The molecule has 1 amide bonds. The summed E-state index contributed by atoms with van der Waals surface area (Å²) in [7, 11) is 1.76. The van der Waals surface area contributed by atoms with E-state index in [1.54, 1.807) is 11.9 Å². The Morgan fingerprint density at radius 2 is 1.88 bits per heavy atom. The SMILES string of the molecule is Cc1ccc(-c2csc3ncn(CCC(=O)N(C)Cc4ccc5c(c4)OCCO5)c(=O)c23)cc1. The van der Waals surface area contributed by atoms with E-state index in [4.69, 9.17) is 9.47 Å². The van der Waals surface area contributed by atoms with Crippen molar-refractivity contribution >= 4 is 27.5 Å². The maximum absolute atomic E-state index is 13.2. The lowest BCUT2D eigenvalue weighted by Gasteiger charge is -2.21. The van der Waals surface area contributed by atoms with Crippen molar-refractivity contribution in [1.29, 1.82) is 0 Å². The molecule has 2 aromatic carbocycles. The summed E-state index contributed by atoms with van der Waals surface area (Å²) in [5, 5.41) is 2.58. The molecule has 0 bridgehead atoms. The molecule has 0 spiro atoms. The Kier molecular flexibility index (Phi) is 6.06. The van der Waals surface area contributed by atoms with Crippen molar-refractivity contribution in [2.24, 2.45) is 0 Å². The van der Waals surface area contributed by atoms with Gasteiger partial charge in [0.15, 0.2) is 11.5 Å². The van der Waals surface area contributed by atoms with Gasteiger partial charge in [0.25, 0.3) is 5.56 Å². The number of amides is 1. The molecule has 34 heavy (non-hydrogen) atoms. The number of carbonyl (C=O) groups excluding carboxylic acids is 1. The van der Waals surface area contributed by atoms with Gasteiger partial charge in [-0.2, -0.15) is 0 Å². The summed E-state index contributed by atoms with van der Waals surface area (Å²) in [6.07, 6.45) is 1.74. The zero-order chi connectivity index (χ0) is 23.7. The Balaban J connectivity index is 1.29. The molecule has 174 valence electrons. The number of aryl methyl sites for hydroxylation is 2. The third-order valence-corrected chi connectivity index (χ3v) is 6.83. The largest absolute Gasteiger partial charge is 0.486 e. The predicted octanol–water partition coefficient (Wildman–Crippen LogP) is 4.25. The van der Waals surface area contributed by atoms with Crippen molar-refractivity contribution < 1.29 is 14.3 Å². The van der Waals surface area contributed by atoms with Gasteiger partial charge < -0.3 is 14.4 Å². The fraction of sp³-hybridized carbons (Fsp3) is 0.269. The fourth-order valence-corrected chi connectivity index (χ4v) is 4.93. The van der Waals surface area contributed by atoms with Crippen molar-refractivity contribution in [3.05, 3.63) is 75.7 Å². The van der Waals surface area contributed by atoms with Gasteiger partial charge in [0.05, 0.1) is 11.7 Å². The molecule has 0 fully saturated rings. The van der Waals surface area contributed by atoms with Gasteiger partial charge in [-0.05, 0) is 30.2 Å². The minimum absolute atomic E-state index is 0.0500. The summed E-state index contributed by atoms with van der Waals surface area (Å²) in [4.78, 5) is 32.9. The van der Waals surface area contributed by atoms with Crippen LogP contribution >= 0.6 is 11.3 Å². The van der Waals surface area contributed by atoms with Gasteiger partial charge >= 0.3 is 0 Å². The Morgan fingerprint density at radius 1 is 1.12 bits per heavy atom. The minimum atomic E-state index is -0.121. The van der Waals surface area contributed by atoms with Crippen LogP contribution in [0.5, 0.6) is 11.5 Å². The van der Waals surface area contributed by atoms with Gasteiger partial charge in [0, 0.05) is 37.5 Å². The minimum Gasteiger partial charge on any atom is -0.486 e. The second kappa shape index (κ2) is 9.30. The maximum Gasteiger partial charge on any atom is 0.262 e. The number of hydrogen-bond acceptors (Lipinski definition) is 6. The quantitative estimate of drug-likeness (QED) is 0.417. The molecule has 0 radical (unpaired) electrons. The van der Waals surface area contributed by atoms with Gasteiger partial charge in [0.1, 0.15) is 18.0 Å². The third kappa shape index (κ3) is 4.41. The molecular weight excluding hydrogens is 450 g/mol. The lowest BCUT2D eigenvalue weighted by Crippen LogP contribution is -2.29. The molecule has 3 heterocycles. The van der Waals surface area contributed by atoms with Gasteiger partial charge in [-0.1, -0.05) is 35.9 Å². The molecule has 1 aliphatic heterocycles. The maximum atomic E-state index is 13.2. The highest BCUT2D eigenvalue weighted by Crippen LogP contribution is 2.32. The van der Waals surface area contributed by atoms with Crippen LogP contribution in [0.15, 0.2) is 59.0 Å². The first-order valence-electron chi connectivity index (χ1n) is 11.2. The molecule has 5 rings (SSSR count). The van der Waals surface area contributed by atoms with Crippen molar-refractivity contribution in [2.75, 3.05) is 20.3 Å². The topological polar surface area (TPSA) is 73.7 Å². The van der Waals surface area contributed by atoms with Gasteiger partial charge in [0.2, 0.25) is 5.91 Å². The zero-order valence-electron chi connectivity index (χ0n) is 19.1. The molecule has 8 heteroatoms. The zero-order valence-corrected chi connectivity index (χ0v) is 19.9. The van der Waals surface area contributed by atoms with Crippen molar-refractivity contribution in [3.63, 3.8) is 0 Å². The monoisotopic (exact) mass is 475 g/mol. The molecule has 0 atom stereocenters. The first-order valence-corrected chi connectivity index (χ1v) is 12.0. The lowest BCUT2D eigenvalue weighted by atomic mass is 10.1. The number of benzene rings is 2. The second-order valence-electron chi connectivity index (χ2n) is 8.42. The fourth-order valence-electron chi connectivity index (χ4n) is 4.03. The standard InChI is InChI=1S/C26H25N3O4S/c1-17-3-6-19(7-4-17)20-15-34-25-24(20)26(31)29(16-27-25)10-9-23(30)28(2)14-18-5-8-21-22(13-18)33-12-11-32-21/h3-8,13,15-16H,9-12,14H2,1-2H3. The normalized spacial score (nSPS) is 12.6. The first-order chi connectivity index (χ1) is 16.5. The summed E-state index contributed by atoms with van der Waals surface area (Å²) in [6.45, 7) is 3.82. The van der Waals surface area contributed by atoms with Crippen LogP contribution in [0.4, 0.5) is 0 Å². The summed E-state index contributed by atoms with van der Waals surface area (Å²) in [5.41, 5.74) is 3.88. The van der Waals surface area contributed by atoms with Crippen LogP contribution in [-0.2, 0) is 17.9 Å². The Bertz CT molecular complexity index is 1410. The van der Waals surface area contributed by atoms with Crippen LogP contribution in [-0.4, -0.2) is 40.6 Å². The van der Waals surface area contributed by atoms with E-state index in [0.29, 0.717) is 35.7 Å².